The van der Waals surface area contributed by atoms with Gasteiger partial charge in [0.15, 0.2) is 0 Å². The van der Waals surface area contributed by atoms with Crippen LogP contribution in [0, 0.1) is 0 Å². The second-order valence-electron chi connectivity index (χ2n) is 3.20. The molecule has 1 aliphatic rings. The Hall–Kier alpha value is -1.06. The lowest BCUT2D eigenvalue weighted by atomic mass is 9.76. The molecule has 2 amide bonds. The Bertz CT molecular complexity index is 209. The fraction of sp³-hybridized carbons (Fsp3) is 0.750. The molecule has 0 bridgehead atoms. The molecule has 1 rings (SSSR count). The van der Waals surface area contributed by atoms with Gasteiger partial charge in [-0.1, -0.05) is 0 Å². The first kappa shape index (κ1) is 9.03. The topological polar surface area (TPSA) is 58.2 Å². The zero-order chi connectivity index (χ0) is 9.19. The van der Waals surface area contributed by atoms with Crippen LogP contribution in [0.25, 0.3) is 0 Å². The zero-order valence-corrected chi connectivity index (χ0v) is 7.44. The fourth-order valence-corrected chi connectivity index (χ4v) is 1.52. The summed E-state index contributed by atoms with van der Waals surface area (Å²) in [5.74, 6) is -0.220. The summed E-state index contributed by atoms with van der Waals surface area (Å²) in [5, 5.41) is 5.25. The van der Waals surface area contributed by atoms with Gasteiger partial charge in [-0.15, -0.1) is 0 Å². The van der Waals surface area contributed by atoms with Gasteiger partial charge in [0.25, 0.3) is 0 Å². The SMILES string of the molecule is CNC(=O)C1(NC(C)=O)CCC1. The maximum Gasteiger partial charge on any atom is 0.245 e. The van der Waals surface area contributed by atoms with Gasteiger partial charge in [-0.3, -0.25) is 9.59 Å². The minimum Gasteiger partial charge on any atom is -0.357 e. The second kappa shape index (κ2) is 3.13. The number of amides is 2. The van der Waals surface area contributed by atoms with Gasteiger partial charge in [0.1, 0.15) is 5.54 Å². The first-order chi connectivity index (χ1) is 5.60. The van der Waals surface area contributed by atoms with Crippen LogP contribution in [-0.4, -0.2) is 24.4 Å². The highest BCUT2D eigenvalue weighted by Gasteiger charge is 2.44. The van der Waals surface area contributed by atoms with Gasteiger partial charge in [-0.25, -0.2) is 0 Å². The number of nitrogens with one attached hydrogen (secondary N) is 2. The van der Waals surface area contributed by atoms with Crippen molar-refractivity contribution in [1.29, 1.82) is 0 Å². The Morgan fingerprint density at radius 2 is 1.92 bits per heavy atom. The minimum absolute atomic E-state index is 0.0797. The smallest absolute Gasteiger partial charge is 0.245 e. The molecule has 0 spiro atoms. The molecule has 4 heteroatoms. The van der Waals surface area contributed by atoms with E-state index in [2.05, 4.69) is 10.6 Å². The third-order valence-corrected chi connectivity index (χ3v) is 2.28. The van der Waals surface area contributed by atoms with Crippen LogP contribution in [-0.2, 0) is 9.59 Å². The lowest BCUT2D eigenvalue weighted by Gasteiger charge is -2.40. The highest BCUT2D eigenvalue weighted by atomic mass is 16.2. The molecule has 0 aliphatic heterocycles. The minimum atomic E-state index is -0.597. The highest BCUT2D eigenvalue weighted by molar-refractivity contribution is 5.91. The monoisotopic (exact) mass is 170 g/mol. The molecule has 1 saturated carbocycles. The molecule has 0 unspecified atom stereocenters. The summed E-state index contributed by atoms with van der Waals surface area (Å²) >= 11 is 0. The molecule has 2 N–H and O–H groups in total. The van der Waals surface area contributed by atoms with Crippen molar-refractivity contribution in [3.63, 3.8) is 0 Å². The van der Waals surface area contributed by atoms with Crippen LogP contribution in [0.4, 0.5) is 0 Å². The van der Waals surface area contributed by atoms with Crippen LogP contribution in [0.2, 0.25) is 0 Å². The predicted octanol–water partition coefficient (Wildman–Crippen LogP) is -0.209. The summed E-state index contributed by atoms with van der Waals surface area (Å²) in [6.45, 7) is 1.43. The molecule has 0 heterocycles. The number of hydrogen-bond donors (Lipinski definition) is 2. The van der Waals surface area contributed by atoms with Crippen molar-refractivity contribution in [3.05, 3.63) is 0 Å². The summed E-state index contributed by atoms with van der Waals surface area (Å²) in [4.78, 5) is 22.1. The molecule has 1 fully saturated rings. The van der Waals surface area contributed by atoms with Crippen molar-refractivity contribution in [2.45, 2.75) is 31.7 Å². The van der Waals surface area contributed by atoms with E-state index < -0.39 is 5.54 Å². The number of carbonyl (C=O) groups is 2. The molecule has 4 nitrogen and oxygen atoms in total. The first-order valence-electron chi connectivity index (χ1n) is 4.12. The molecule has 68 valence electrons. The maximum atomic E-state index is 11.3. The summed E-state index contributed by atoms with van der Waals surface area (Å²) in [6.07, 6.45) is 2.52. The van der Waals surface area contributed by atoms with Gasteiger partial charge in [-0.05, 0) is 19.3 Å². The molecule has 1 aliphatic carbocycles. The molecule has 0 aromatic heterocycles. The Morgan fingerprint density at radius 3 is 2.17 bits per heavy atom. The third kappa shape index (κ3) is 1.42. The quantitative estimate of drug-likeness (QED) is 0.602. The summed E-state index contributed by atoms with van der Waals surface area (Å²) < 4.78 is 0. The van der Waals surface area contributed by atoms with E-state index in [4.69, 9.17) is 0 Å². The largest absolute Gasteiger partial charge is 0.357 e. The van der Waals surface area contributed by atoms with Gasteiger partial charge in [0.2, 0.25) is 11.8 Å². The maximum absolute atomic E-state index is 11.3. The third-order valence-electron chi connectivity index (χ3n) is 2.28. The van der Waals surface area contributed by atoms with E-state index in [9.17, 15) is 9.59 Å². The molecular weight excluding hydrogens is 156 g/mol. The number of hydrogen-bond acceptors (Lipinski definition) is 2. The van der Waals surface area contributed by atoms with Gasteiger partial charge < -0.3 is 10.6 Å². The van der Waals surface area contributed by atoms with Gasteiger partial charge in [0.05, 0.1) is 0 Å². The number of likely N-dealkylation sites (N-methyl/N-ethyl adjacent to an activating group) is 1. The van der Waals surface area contributed by atoms with Crippen molar-refractivity contribution in [3.8, 4) is 0 Å². The van der Waals surface area contributed by atoms with Crippen LogP contribution in [0.1, 0.15) is 26.2 Å². The van der Waals surface area contributed by atoms with Crippen molar-refractivity contribution in [2.24, 2.45) is 0 Å². The van der Waals surface area contributed by atoms with Crippen LogP contribution in [0.3, 0.4) is 0 Å². The van der Waals surface area contributed by atoms with Gasteiger partial charge in [0, 0.05) is 14.0 Å². The van der Waals surface area contributed by atoms with Crippen LogP contribution >= 0.6 is 0 Å². The summed E-state index contributed by atoms with van der Waals surface area (Å²) in [5.41, 5.74) is -0.597. The number of carbonyl (C=O) groups excluding carboxylic acids is 2. The molecule has 0 saturated heterocycles. The zero-order valence-electron chi connectivity index (χ0n) is 7.44. The second-order valence-corrected chi connectivity index (χ2v) is 3.20. The van der Waals surface area contributed by atoms with Crippen LogP contribution in [0.15, 0.2) is 0 Å². The van der Waals surface area contributed by atoms with E-state index in [1.165, 1.54) is 6.92 Å². The molecular formula is C8H14N2O2. The molecule has 0 aromatic rings. The molecule has 0 aromatic carbocycles. The van der Waals surface area contributed by atoms with Crippen molar-refractivity contribution >= 4 is 11.8 Å². The highest BCUT2D eigenvalue weighted by Crippen LogP contribution is 2.31. The summed E-state index contributed by atoms with van der Waals surface area (Å²) in [6, 6.07) is 0. The van der Waals surface area contributed by atoms with Crippen molar-refractivity contribution < 1.29 is 9.59 Å². The Balaban J connectivity index is 2.62. The normalized spacial score (nSPS) is 19.2. The predicted molar refractivity (Wildman–Crippen MR) is 44.5 cm³/mol. The lowest BCUT2D eigenvalue weighted by Crippen LogP contribution is -2.61. The fourth-order valence-electron chi connectivity index (χ4n) is 1.52. The van der Waals surface area contributed by atoms with E-state index in [1.807, 2.05) is 0 Å². The van der Waals surface area contributed by atoms with Crippen LogP contribution < -0.4 is 10.6 Å². The van der Waals surface area contributed by atoms with E-state index in [-0.39, 0.29) is 11.8 Å². The first-order valence-corrected chi connectivity index (χ1v) is 4.12. The average Bonchev–Trinajstić information content (AvgIpc) is 1.95. The van der Waals surface area contributed by atoms with Crippen molar-refractivity contribution in [2.75, 3.05) is 7.05 Å². The Kier molecular flexibility index (Phi) is 2.35. The Labute approximate surface area is 71.7 Å². The average molecular weight is 170 g/mol. The van der Waals surface area contributed by atoms with E-state index in [0.717, 1.165) is 19.3 Å². The van der Waals surface area contributed by atoms with E-state index in [0.29, 0.717) is 0 Å². The van der Waals surface area contributed by atoms with Gasteiger partial charge >= 0.3 is 0 Å². The molecule has 0 radical (unpaired) electrons. The number of rotatable bonds is 2. The van der Waals surface area contributed by atoms with Crippen molar-refractivity contribution in [1.82, 2.24) is 10.6 Å². The molecule has 0 atom stereocenters. The van der Waals surface area contributed by atoms with E-state index in [1.54, 1.807) is 7.05 Å². The standard InChI is InChI=1S/C8H14N2O2/c1-6(11)10-8(4-3-5-8)7(12)9-2/h3-5H2,1-2H3,(H,9,12)(H,10,11). The van der Waals surface area contributed by atoms with Gasteiger partial charge in [-0.2, -0.15) is 0 Å². The van der Waals surface area contributed by atoms with E-state index >= 15 is 0 Å². The molecule has 12 heavy (non-hydrogen) atoms. The van der Waals surface area contributed by atoms with Crippen LogP contribution in [0.5, 0.6) is 0 Å². The lowest BCUT2D eigenvalue weighted by molar-refractivity contribution is -0.136. The Morgan fingerprint density at radius 1 is 1.33 bits per heavy atom. The summed E-state index contributed by atoms with van der Waals surface area (Å²) in [7, 11) is 1.59.